The highest BCUT2D eigenvalue weighted by Gasteiger charge is 2.24. The third kappa shape index (κ3) is 3.28. The average molecular weight is 363 g/mol. The molecule has 3 heterocycles. The number of aromatic nitrogens is 1. The van der Waals surface area contributed by atoms with Gasteiger partial charge in [0.05, 0.1) is 11.4 Å². The van der Waals surface area contributed by atoms with Crippen LogP contribution in [0.2, 0.25) is 0 Å². The Morgan fingerprint density at radius 1 is 1.08 bits per heavy atom. The lowest BCUT2D eigenvalue weighted by molar-refractivity contribution is 0.402. The molecular weight excluding hydrogens is 340 g/mol. The fraction of sp³-hybridized carbons (Fsp3) is 0.238. The fourth-order valence-corrected chi connectivity index (χ4v) is 3.92. The smallest absolute Gasteiger partial charge is 0.159 e. The maximum atomic E-state index is 5.03. The topological polar surface area (TPSA) is 31.7 Å². The Hall–Kier alpha value is -2.50. The van der Waals surface area contributed by atoms with E-state index < -0.39 is 0 Å². The number of hydrogen-bond donors (Lipinski definition) is 0. The monoisotopic (exact) mass is 362 g/mol. The molecule has 4 nitrogen and oxygen atoms in total. The minimum absolute atomic E-state index is 0.908. The highest BCUT2D eigenvalue weighted by molar-refractivity contribution is 7.08. The molecule has 0 N–H and O–H groups in total. The van der Waals surface area contributed by atoms with Crippen LogP contribution < -0.4 is 4.90 Å². The van der Waals surface area contributed by atoms with E-state index in [0.717, 1.165) is 47.9 Å². The largest absolute Gasteiger partial charge is 0.324 e. The summed E-state index contributed by atoms with van der Waals surface area (Å²) in [4.78, 5) is 14.2. The Labute approximate surface area is 158 Å². The third-order valence-corrected chi connectivity index (χ3v) is 5.17. The molecule has 0 unspecified atom stereocenters. The van der Waals surface area contributed by atoms with E-state index in [1.54, 1.807) is 11.3 Å². The van der Waals surface area contributed by atoms with Crippen molar-refractivity contribution in [2.75, 3.05) is 32.1 Å². The zero-order valence-corrected chi connectivity index (χ0v) is 15.9. The Morgan fingerprint density at radius 3 is 2.77 bits per heavy atom. The quantitative estimate of drug-likeness (QED) is 0.658. The van der Waals surface area contributed by atoms with Crippen molar-refractivity contribution in [3.8, 4) is 0 Å². The molecule has 0 radical (unpaired) electrons. The second-order valence-corrected chi connectivity index (χ2v) is 7.42. The van der Waals surface area contributed by atoms with Gasteiger partial charge in [-0.25, -0.2) is 9.98 Å². The lowest BCUT2D eigenvalue weighted by atomic mass is 10.0. The molecule has 1 aliphatic heterocycles. The molecule has 0 atom stereocenters. The van der Waals surface area contributed by atoms with Gasteiger partial charge in [0.15, 0.2) is 5.82 Å². The van der Waals surface area contributed by atoms with E-state index in [-0.39, 0.29) is 0 Å². The Bertz CT molecular complexity index is 915. The van der Waals surface area contributed by atoms with Crippen LogP contribution in [0.3, 0.4) is 0 Å². The molecule has 0 bridgehead atoms. The van der Waals surface area contributed by atoms with Gasteiger partial charge in [0, 0.05) is 29.2 Å². The zero-order chi connectivity index (χ0) is 17.9. The first-order chi connectivity index (χ1) is 12.7. The zero-order valence-electron chi connectivity index (χ0n) is 15.1. The first-order valence-corrected chi connectivity index (χ1v) is 9.76. The van der Waals surface area contributed by atoms with Gasteiger partial charge in [0.2, 0.25) is 0 Å². The van der Waals surface area contributed by atoms with E-state index in [2.05, 4.69) is 76.0 Å². The second kappa shape index (κ2) is 7.40. The van der Waals surface area contributed by atoms with Crippen LogP contribution in [0.15, 0.2) is 64.4 Å². The summed E-state index contributed by atoms with van der Waals surface area (Å²) in [5, 5.41) is 4.26. The van der Waals surface area contributed by atoms with Crippen LogP contribution in [0.5, 0.6) is 0 Å². The summed E-state index contributed by atoms with van der Waals surface area (Å²) in [7, 11) is 4.22. The number of anilines is 2. The van der Waals surface area contributed by atoms with Crippen LogP contribution in [0, 0.1) is 0 Å². The molecule has 0 aliphatic carbocycles. The number of hydrogen-bond acceptors (Lipinski definition) is 5. The molecule has 4 rings (SSSR count). The third-order valence-electron chi connectivity index (χ3n) is 4.49. The summed E-state index contributed by atoms with van der Waals surface area (Å²) in [6.45, 7) is 1.95. The van der Waals surface area contributed by atoms with Gasteiger partial charge in [-0.15, -0.1) is 0 Å². The predicted molar refractivity (Wildman–Crippen MR) is 110 cm³/mol. The van der Waals surface area contributed by atoms with Crippen molar-refractivity contribution >= 4 is 34.2 Å². The molecule has 1 aliphatic rings. The van der Waals surface area contributed by atoms with E-state index in [4.69, 9.17) is 4.99 Å². The van der Waals surface area contributed by atoms with Gasteiger partial charge >= 0.3 is 0 Å². The van der Waals surface area contributed by atoms with Crippen molar-refractivity contribution in [3.63, 3.8) is 0 Å². The number of rotatable bonds is 5. The van der Waals surface area contributed by atoms with E-state index in [9.17, 15) is 0 Å². The minimum atomic E-state index is 0.908. The van der Waals surface area contributed by atoms with Gasteiger partial charge in [-0.05, 0) is 56.7 Å². The van der Waals surface area contributed by atoms with Crippen molar-refractivity contribution in [3.05, 3.63) is 70.5 Å². The normalized spacial score (nSPS) is 13.2. The van der Waals surface area contributed by atoms with Crippen molar-refractivity contribution in [2.24, 2.45) is 4.99 Å². The molecule has 26 heavy (non-hydrogen) atoms. The summed E-state index contributed by atoms with van der Waals surface area (Å²) in [6.07, 6.45) is 2.91. The Kier molecular flexibility index (Phi) is 4.82. The molecule has 0 fully saturated rings. The van der Waals surface area contributed by atoms with Crippen LogP contribution in [0.1, 0.15) is 17.5 Å². The van der Waals surface area contributed by atoms with Gasteiger partial charge in [0.25, 0.3) is 0 Å². The summed E-state index contributed by atoms with van der Waals surface area (Å²) < 4.78 is 0. The number of aliphatic imine (C=N–C) groups is 1. The molecule has 0 saturated carbocycles. The lowest BCUT2D eigenvalue weighted by Gasteiger charge is -2.26. The molecule has 0 amide bonds. The van der Waals surface area contributed by atoms with Crippen molar-refractivity contribution < 1.29 is 0 Å². The number of nitrogens with zero attached hydrogens (tertiary/aromatic N) is 4. The van der Waals surface area contributed by atoms with Crippen molar-refractivity contribution in [2.45, 2.75) is 6.42 Å². The van der Waals surface area contributed by atoms with Crippen LogP contribution in [-0.4, -0.2) is 42.8 Å². The van der Waals surface area contributed by atoms with Crippen LogP contribution in [-0.2, 0) is 0 Å². The van der Waals surface area contributed by atoms with Crippen molar-refractivity contribution in [1.29, 1.82) is 0 Å². The SMILES string of the molecule is CN(C)CCCN1c2ccccc2C(c2ccsc2)=Nc2cccnc21. The molecule has 3 aromatic rings. The molecular formula is C21H22N4S. The fourth-order valence-electron chi connectivity index (χ4n) is 3.28. The maximum Gasteiger partial charge on any atom is 0.159 e. The maximum absolute atomic E-state index is 5.03. The van der Waals surface area contributed by atoms with Gasteiger partial charge in [0.1, 0.15) is 5.69 Å². The summed E-state index contributed by atoms with van der Waals surface area (Å²) in [6, 6.07) is 14.7. The van der Waals surface area contributed by atoms with Gasteiger partial charge in [-0.3, -0.25) is 0 Å². The molecule has 132 valence electrons. The van der Waals surface area contributed by atoms with E-state index in [1.807, 2.05) is 12.3 Å². The summed E-state index contributed by atoms with van der Waals surface area (Å²) >= 11 is 1.70. The van der Waals surface area contributed by atoms with Crippen LogP contribution >= 0.6 is 11.3 Å². The number of fused-ring (bicyclic) bond motifs is 2. The summed E-state index contributed by atoms with van der Waals surface area (Å²) in [5.41, 5.74) is 5.44. The Morgan fingerprint density at radius 2 is 1.96 bits per heavy atom. The average Bonchev–Trinajstić information content (AvgIpc) is 3.14. The van der Waals surface area contributed by atoms with E-state index in [1.165, 1.54) is 5.69 Å². The Balaban J connectivity index is 1.85. The first-order valence-electron chi connectivity index (χ1n) is 8.82. The van der Waals surface area contributed by atoms with E-state index >= 15 is 0 Å². The van der Waals surface area contributed by atoms with Gasteiger partial charge in [-0.2, -0.15) is 11.3 Å². The molecule has 2 aromatic heterocycles. The van der Waals surface area contributed by atoms with E-state index in [0.29, 0.717) is 0 Å². The highest BCUT2D eigenvalue weighted by Crippen LogP contribution is 2.39. The number of benzene rings is 1. The van der Waals surface area contributed by atoms with Crippen LogP contribution in [0.25, 0.3) is 0 Å². The number of pyridine rings is 1. The first kappa shape index (κ1) is 16.9. The summed E-state index contributed by atoms with van der Waals surface area (Å²) in [5.74, 6) is 0.934. The minimum Gasteiger partial charge on any atom is -0.324 e. The number of thiophene rings is 1. The van der Waals surface area contributed by atoms with Crippen LogP contribution in [0.4, 0.5) is 17.2 Å². The number of para-hydroxylation sites is 1. The molecule has 0 spiro atoms. The molecule has 0 saturated heterocycles. The standard InChI is InChI=1S/C21H22N4S/c1-24(2)12-6-13-25-19-9-4-3-7-17(19)20(16-10-14-26-15-16)23-18-8-5-11-22-21(18)25/h3-5,7-11,14-15H,6,12-13H2,1-2H3. The van der Waals surface area contributed by atoms with Gasteiger partial charge in [-0.1, -0.05) is 18.2 Å². The molecule has 1 aromatic carbocycles. The lowest BCUT2D eigenvalue weighted by Crippen LogP contribution is -2.24. The predicted octanol–water partition coefficient (Wildman–Crippen LogP) is 4.72. The highest BCUT2D eigenvalue weighted by atomic mass is 32.1. The second-order valence-electron chi connectivity index (χ2n) is 6.64. The van der Waals surface area contributed by atoms with Gasteiger partial charge < -0.3 is 9.80 Å². The van der Waals surface area contributed by atoms with Crippen molar-refractivity contribution in [1.82, 2.24) is 9.88 Å². The molecule has 5 heteroatoms.